The molecule has 0 saturated carbocycles. The van der Waals surface area contributed by atoms with E-state index in [1.807, 2.05) is 0 Å². The summed E-state index contributed by atoms with van der Waals surface area (Å²) >= 11 is 0. The van der Waals surface area contributed by atoms with Crippen molar-refractivity contribution < 1.29 is 31.8 Å². The molecule has 1 aliphatic heterocycles. The van der Waals surface area contributed by atoms with Gasteiger partial charge in [0.05, 0.1) is 4.92 Å². The van der Waals surface area contributed by atoms with Crippen LogP contribution in [0.15, 0.2) is 29.2 Å². The standard InChI is InChI=1S/C10H9NO8S/c12-10-17-5-8(19-10)6-18-20(15,16)9-3-1-2-7(4-9)11(13)14/h1-4,8H,5-6H2. The molecule has 0 radical (unpaired) electrons. The lowest BCUT2D eigenvalue weighted by Crippen LogP contribution is -2.21. The molecular weight excluding hydrogens is 294 g/mol. The SMILES string of the molecule is O=C1OCC(COS(=O)(=O)c2cccc([N+](=O)[O-])c2)O1. The summed E-state index contributed by atoms with van der Waals surface area (Å²) in [7, 11) is -4.17. The minimum absolute atomic E-state index is 0.108. The van der Waals surface area contributed by atoms with Crippen LogP contribution in [0.4, 0.5) is 10.5 Å². The van der Waals surface area contributed by atoms with Crippen molar-refractivity contribution >= 4 is 22.0 Å². The van der Waals surface area contributed by atoms with Gasteiger partial charge < -0.3 is 9.47 Å². The number of cyclic esters (lactones) is 2. The second-order valence-electron chi connectivity index (χ2n) is 3.79. The van der Waals surface area contributed by atoms with E-state index in [1.54, 1.807) is 0 Å². The number of rotatable bonds is 5. The van der Waals surface area contributed by atoms with Gasteiger partial charge in [-0.1, -0.05) is 6.07 Å². The van der Waals surface area contributed by atoms with Gasteiger partial charge in [0.2, 0.25) is 0 Å². The number of nitrogens with zero attached hydrogens (tertiary/aromatic N) is 1. The Morgan fingerprint density at radius 3 is 2.80 bits per heavy atom. The van der Waals surface area contributed by atoms with Crippen molar-refractivity contribution in [3.8, 4) is 0 Å². The summed E-state index contributed by atoms with van der Waals surface area (Å²) in [6, 6.07) is 4.44. The summed E-state index contributed by atoms with van der Waals surface area (Å²) in [5.74, 6) is 0. The first-order valence-corrected chi connectivity index (χ1v) is 6.76. The van der Waals surface area contributed by atoms with Gasteiger partial charge in [-0.25, -0.2) is 4.79 Å². The number of benzene rings is 1. The van der Waals surface area contributed by atoms with Crippen molar-refractivity contribution in [3.63, 3.8) is 0 Å². The lowest BCUT2D eigenvalue weighted by molar-refractivity contribution is -0.385. The third-order valence-corrected chi connectivity index (χ3v) is 3.65. The van der Waals surface area contributed by atoms with Crippen molar-refractivity contribution in [3.05, 3.63) is 34.4 Å². The predicted molar refractivity (Wildman–Crippen MR) is 62.5 cm³/mol. The molecule has 0 aromatic heterocycles. The number of carbonyl (C=O) groups is 1. The first-order chi connectivity index (χ1) is 9.38. The molecule has 0 N–H and O–H groups in total. The lowest BCUT2D eigenvalue weighted by atomic mass is 10.3. The van der Waals surface area contributed by atoms with Crippen LogP contribution in [-0.2, 0) is 23.8 Å². The molecule has 1 atom stereocenters. The third-order valence-electron chi connectivity index (χ3n) is 2.38. The topological polar surface area (TPSA) is 122 Å². The highest BCUT2D eigenvalue weighted by Gasteiger charge is 2.28. The molecule has 1 aromatic rings. The van der Waals surface area contributed by atoms with Crippen LogP contribution in [0.5, 0.6) is 0 Å². The highest BCUT2D eigenvalue weighted by Crippen LogP contribution is 2.20. The molecule has 1 saturated heterocycles. The molecule has 0 spiro atoms. The first kappa shape index (κ1) is 14.2. The normalized spacial score (nSPS) is 18.4. The first-order valence-electron chi connectivity index (χ1n) is 5.36. The van der Waals surface area contributed by atoms with Crippen LogP contribution in [0.1, 0.15) is 0 Å². The highest BCUT2D eigenvalue weighted by atomic mass is 32.2. The Balaban J connectivity index is 2.08. The molecule has 1 unspecified atom stereocenters. The van der Waals surface area contributed by atoms with Crippen LogP contribution >= 0.6 is 0 Å². The Morgan fingerprint density at radius 2 is 2.20 bits per heavy atom. The summed E-state index contributed by atoms with van der Waals surface area (Å²) in [5.41, 5.74) is -0.370. The summed E-state index contributed by atoms with van der Waals surface area (Å²) in [6.45, 7) is -0.528. The van der Waals surface area contributed by atoms with Crippen molar-refractivity contribution in [1.29, 1.82) is 0 Å². The summed E-state index contributed by atoms with van der Waals surface area (Å²) < 4.78 is 37.4. The van der Waals surface area contributed by atoms with E-state index >= 15 is 0 Å². The molecule has 1 fully saturated rings. The molecule has 1 heterocycles. The molecular formula is C10H9NO8S. The average molecular weight is 303 g/mol. The van der Waals surface area contributed by atoms with Crippen molar-refractivity contribution in [2.24, 2.45) is 0 Å². The van der Waals surface area contributed by atoms with Crippen LogP contribution in [0.3, 0.4) is 0 Å². The number of nitro benzene ring substituents is 1. The molecule has 0 bridgehead atoms. The minimum atomic E-state index is -4.17. The molecule has 1 aliphatic rings. The zero-order chi connectivity index (χ0) is 14.8. The molecule has 1 aromatic carbocycles. The Labute approximate surface area is 113 Å². The van der Waals surface area contributed by atoms with Crippen LogP contribution in [0, 0.1) is 10.1 Å². The zero-order valence-electron chi connectivity index (χ0n) is 9.92. The Morgan fingerprint density at radius 1 is 1.45 bits per heavy atom. The van der Waals surface area contributed by atoms with E-state index in [2.05, 4.69) is 13.7 Å². The van der Waals surface area contributed by atoms with Gasteiger partial charge in [-0.05, 0) is 6.07 Å². The molecule has 2 rings (SSSR count). The smallest absolute Gasteiger partial charge is 0.430 e. The number of carbonyl (C=O) groups excluding carboxylic acids is 1. The second-order valence-corrected chi connectivity index (χ2v) is 5.41. The Bertz CT molecular complexity index is 640. The maximum atomic E-state index is 11.8. The van der Waals surface area contributed by atoms with Gasteiger partial charge >= 0.3 is 6.16 Å². The maximum absolute atomic E-state index is 11.8. The van der Waals surface area contributed by atoms with Crippen molar-refractivity contribution in [2.75, 3.05) is 13.2 Å². The van der Waals surface area contributed by atoms with Gasteiger partial charge in [-0.3, -0.25) is 14.3 Å². The fourth-order valence-electron chi connectivity index (χ4n) is 1.43. The van der Waals surface area contributed by atoms with Gasteiger partial charge in [-0.2, -0.15) is 8.42 Å². The molecule has 10 heteroatoms. The number of hydrogen-bond donors (Lipinski definition) is 0. The molecule has 9 nitrogen and oxygen atoms in total. The number of hydrogen-bond acceptors (Lipinski definition) is 8. The summed E-state index contributed by atoms with van der Waals surface area (Å²) in [4.78, 5) is 20.2. The maximum Gasteiger partial charge on any atom is 0.508 e. The van der Waals surface area contributed by atoms with Crippen molar-refractivity contribution in [2.45, 2.75) is 11.0 Å². The summed E-state index contributed by atoms with van der Waals surface area (Å²) in [5, 5.41) is 10.6. The lowest BCUT2D eigenvalue weighted by Gasteiger charge is -2.08. The fraction of sp³-hybridized carbons (Fsp3) is 0.300. The van der Waals surface area contributed by atoms with Crippen LogP contribution in [0.2, 0.25) is 0 Å². The van der Waals surface area contributed by atoms with Gasteiger partial charge in [0.1, 0.15) is 18.1 Å². The number of ether oxygens (including phenoxy) is 2. The van der Waals surface area contributed by atoms with Gasteiger partial charge in [0.25, 0.3) is 15.8 Å². The molecule has 0 aliphatic carbocycles. The average Bonchev–Trinajstić information content (AvgIpc) is 2.82. The monoisotopic (exact) mass is 303 g/mol. The number of nitro groups is 1. The van der Waals surface area contributed by atoms with Gasteiger partial charge in [0, 0.05) is 12.1 Å². The molecule has 20 heavy (non-hydrogen) atoms. The van der Waals surface area contributed by atoms with E-state index in [-0.39, 0.29) is 17.2 Å². The van der Waals surface area contributed by atoms with E-state index in [0.717, 1.165) is 12.1 Å². The Hall–Kier alpha value is -2.20. The fourth-order valence-corrected chi connectivity index (χ4v) is 2.41. The summed E-state index contributed by atoms with van der Waals surface area (Å²) in [6.07, 6.45) is -1.72. The van der Waals surface area contributed by atoms with Gasteiger partial charge in [0.15, 0.2) is 6.10 Å². The van der Waals surface area contributed by atoms with Crippen molar-refractivity contribution in [1.82, 2.24) is 0 Å². The largest absolute Gasteiger partial charge is 0.508 e. The Kier molecular flexibility index (Phi) is 3.86. The van der Waals surface area contributed by atoms with Crippen LogP contribution in [0.25, 0.3) is 0 Å². The predicted octanol–water partition coefficient (Wildman–Crippen LogP) is 0.836. The van der Waals surface area contributed by atoms with E-state index in [0.29, 0.717) is 0 Å². The van der Waals surface area contributed by atoms with Gasteiger partial charge in [-0.15, -0.1) is 0 Å². The van der Waals surface area contributed by atoms with Crippen LogP contribution < -0.4 is 0 Å². The molecule has 108 valence electrons. The van der Waals surface area contributed by atoms with E-state index < -0.39 is 33.9 Å². The highest BCUT2D eigenvalue weighted by molar-refractivity contribution is 7.86. The van der Waals surface area contributed by atoms with E-state index in [9.17, 15) is 23.3 Å². The minimum Gasteiger partial charge on any atom is -0.430 e. The van der Waals surface area contributed by atoms with Crippen LogP contribution in [-0.4, -0.2) is 38.8 Å². The third kappa shape index (κ3) is 3.22. The zero-order valence-corrected chi connectivity index (χ0v) is 10.7. The van der Waals surface area contributed by atoms with E-state index in [4.69, 9.17) is 0 Å². The number of non-ortho nitro benzene ring substituents is 1. The molecule has 0 amide bonds. The second kappa shape index (κ2) is 5.43. The van der Waals surface area contributed by atoms with E-state index in [1.165, 1.54) is 12.1 Å². The quantitative estimate of drug-likeness (QED) is 0.339.